The molecule has 0 spiro atoms. The Labute approximate surface area is 186 Å². The molecule has 0 N–H and O–H groups in total. The predicted molar refractivity (Wildman–Crippen MR) is 125 cm³/mol. The van der Waals surface area contributed by atoms with Crippen LogP contribution in [0.4, 0.5) is 0 Å². The summed E-state index contributed by atoms with van der Waals surface area (Å²) in [5.41, 5.74) is 2.74. The Bertz CT molecular complexity index is 802. The van der Waals surface area contributed by atoms with Crippen LogP contribution in [0.2, 0.25) is 0 Å². The summed E-state index contributed by atoms with van der Waals surface area (Å²) in [6.07, 6.45) is 4.77. The Balaban J connectivity index is 1.17. The van der Waals surface area contributed by atoms with Crippen LogP contribution in [0.25, 0.3) is 0 Å². The molecule has 2 aromatic carbocycles. The molecule has 0 bridgehead atoms. The highest BCUT2D eigenvalue weighted by Crippen LogP contribution is 2.41. The smallest absolute Gasteiger partial charge is 0.226 e. The summed E-state index contributed by atoms with van der Waals surface area (Å²) < 4.78 is 0. The number of amides is 1. The third-order valence-electron chi connectivity index (χ3n) is 7.40. The van der Waals surface area contributed by atoms with E-state index in [4.69, 9.17) is 0 Å². The molecular formula is C27H35N3O. The van der Waals surface area contributed by atoms with Crippen molar-refractivity contribution < 1.29 is 4.79 Å². The largest absolute Gasteiger partial charge is 0.342 e. The number of carbonyl (C=O) groups excluding carboxylic acids is 1. The number of nitrogens with zero attached hydrogens (tertiary/aromatic N) is 3. The van der Waals surface area contributed by atoms with Crippen LogP contribution in [-0.4, -0.2) is 66.4 Å². The van der Waals surface area contributed by atoms with Crippen LogP contribution in [0.1, 0.15) is 42.9 Å². The van der Waals surface area contributed by atoms with Gasteiger partial charge in [0, 0.05) is 51.7 Å². The second-order valence-corrected chi connectivity index (χ2v) is 9.55. The van der Waals surface area contributed by atoms with E-state index in [0.717, 1.165) is 52.2 Å². The lowest BCUT2D eigenvalue weighted by atomic mass is 9.96. The number of hydrogen-bond acceptors (Lipinski definition) is 3. The average molecular weight is 418 g/mol. The fraction of sp³-hybridized carbons (Fsp3) is 0.519. The zero-order valence-corrected chi connectivity index (χ0v) is 18.5. The van der Waals surface area contributed by atoms with Crippen LogP contribution in [0.15, 0.2) is 60.7 Å². The molecule has 1 amide bonds. The van der Waals surface area contributed by atoms with E-state index in [9.17, 15) is 4.79 Å². The van der Waals surface area contributed by atoms with Crippen molar-refractivity contribution in [2.75, 3.05) is 45.8 Å². The van der Waals surface area contributed by atoms with Gasteiger partial charge in [0.05, 0.1) is 6.04 Å². The summed E-state index contributed by atoms with van der Waals surface area (Å²) in [4.78, 5) is 20.1. The van der Waals surface area contributed by atoms with Gasteiger partial charge < -0.3 is 9.80 Å². The van der Waals surface area contributed by atoms with Crippen molar-refractivity contribution >= 4 is 5.91 Å². The van der Waals surface area contributed by atoms with Gasteiger partial charge in [0.1, 0.15) is 0 Å². The van der Waals surface area contributed by atoms with E-state index in [1.807, 2.05) is 0 Å². The summed E-state index contributed by atoms with van der Waals surface area (Å²) in [6, 6.07) is 22.1. The fourth-order valence-electron chi connectivity index (χ4n) is 5.52. The third kappa shape index (κ3) is 4.86. The first kappa shape index (κ1) is 20.7. The van der Waals surface area contributed by atoms with E-state index in [0.29, 0.717) is 23.8 Å². The monoisotopic (exact) mass is 417 g/mol. The standard InChI is InChI=1S/C27H35N3O/c31-27(30-14-8-3-9-15-30)25-20-24(25)21-28-16-18-29(19-17-28)26(22-10-4-1-5-11-22)23-12-6-2-7-13-23/h1-2,4-7,10-13,24-26H,3,8-9,14-21H2. The van der Waals surface area contributed by atoms with Gasteiger partial charge in [-0.05, 0) is 42.7 Å². The number of piperidine rings is 1. The molecule has 4 heteroatoms. The highest BCUT2D eigenvalue weighted by molar-refractivity contribution is 5.81. The SMILES string of the molecule is O=C(C1CC1CN1CCN(C(c2ccccc2)c2ccccc2)CC1)N1CCCCC1. The van der Waals surface area contributed by atoms with Crippen molar-refractivity contribution in [3.8, 4) is 0 Å². The van der Waals surface area contributed by atoms with E-state index >= 15 is 0 Å². The summed E-state index contributed by atoms with van der Waals surface area (Å²) in [6.45, 7) is 7.41. The second-order valence-electron chi connectivity index (χ2n) is 9.55. The topological polar surface area (TPSA) is 26.8 Å². The molecule has 2 unspecified atom stereocenters. The number of rotatable bonds is 6. The Hall–Kier alpha value is -2.17. The average Bonchev–Trinajstić information content (AvgIpc) is 3.61. The molecule has 0 aromatic heterocycles. The van der Waals surface area contributed by atoms with Crippen molar-refractivity contribution in [2.24, 2.45) is 11.8 Å². The second kappa shape index (κ2) is 9.54. The summed E-state index contributed by atoms with van der Waals surface area (Å²) in [5.74, 6) is 1.33. The zero-order valence-electron chi connectivity index (χ0n) is 18.5. The lowest BCUT2D eigenvalue weighted by Gasteiger charge is -2.40. The van der Waals surface area contributed by atoms with E-state index in [1.165, 1.54) is 30.4 Å². The molecule has 31 heavy (non-hydrogen) atoms. The minimum Gasteiger partial charge on any atom is -0.342 e. The number of piperazine rings is 1. The van der Waals surface area contributed by atoms with Crippen LogP contribution in [0.5, 0.6) is 0 Å². The quantitative estimate of drug-likeness (QED) is 0.710. The summed E-state index contributed by atoms with van der Waals surface area (Å²) in [5, 5.41) is 0. The van der Waals surface area contributed by atoms with Crippen LogP contribution in [0, 0.1) is 11.8 Å². The first-order valence-corrected chi connectivity index (χ1v) is 12.1. The maximum absolute atomic E-state index is 12.8. The molecule has 1 aliphatic carbocycles. The molecule has 3 aliphatic rings. The zero-order chi connectivity index (χ0) is 21.0. The van der Waals surface area contributed by atoms with Crippen LogP contribution < -0.4 is 0 Å². The van der Waals surface area contributed by atoms with Gasteiger partial charge in [0.15, 0.2) is 0 Å². The molecule has 2 aliphatic heterocycles. The van der Waals surface area contributed by atoms with Crippen LogP contribution in [0.3, 0.4) is 0 Å². The van der Waals surface area contributed by atoms with Gasteiger partial charge in [-0.2, -0.15) is 0 Å². The fourth-order valence-corrected chi connectivity index (χ4v) is 5.52. The first-order chi connectivity index (χ1) is 15.3. The molecule has 2 atom stereocenters. The summed E-state index contributed by atoms with van der Waals surface area (Å²) >= 11 is 0. The molecule has 5 rings (SSSR count). The van der Waals surface area contributed by atoms with E-state index in [1.54, 1.807) is 0 Å². The molecule has 2 heterocycles. The number of benzene rings is 2. The van der Waals surface area contributed by atoms with Gasteiger partial charge in [-0.3, -0.25) is 9.69 Å². The van der Waals surface area contributed by atoms with Crippen molar-refractivity contribution in [1.29, 1.82) is 0 Å². The van der Waals surface area contributed by atoms with Crippen LogP contribution in [-0.2, 0) is 4.79 Å². The van der Waals surface area contributed by atoms with Crippen LogP contribution >= 0.6 is 0 Å². The highest BCUT2D eigenvalue weighted by Gasteiger charge is 2.45. The normalized spacial score (nSPS) is 25.0. The highest BCUT2D eigenvalue weighted by atomic mass is 16.2. The summed E-state index contributed by atoms with van der Waals surface area (Å²) in [7, 11) is 0. The van der Waals surface area contributed by atoms with E-state index < -0.39 is 0 Å². The van der Waals surface area contributed by atoms with Crippen molar-refractivity contribution in [3.63, 3.8) is 0 Å². The number of likely N-dealkylation sites (tertiary alicyclic amines) is 1. The first-order valence-electron chi connectivity index (χ1n) is 12.1. The minimum absolute atomic E-state index is 0.303. The van der Waals surface area contributed by atoms with E-state index in [2.05, 4.69) is 75.4 Å². The molecular weight excluding hydrogens is 382 g/mol. The van der Waals surface area contributed by atoms with Gasteiger partial charge in [-0.25, -0.2) is 0 Å². The van der Waals surface area contributed by atoms with Gasteiger partial charge in [-0.15, -0.1) is 0 Å². The number of carbonyl (C=O) groups is 1. The van der Waals surface area contributed by atoms with Crippen molar-refractivity contribution in [3.05, 3.63) is 71.8 Å². The molecule has 3 fully saturated rings. The van der Waals surface area contributed by atoms with Gasteiger partial charge >= 0.3 is 0 Å². The molecule has 164 valence electrons. The minimum atomic E-state index is 0.303. The lowest BCUT2D eigenvalue weighted by molar-refractivity contribution is -0.133. The molecule has 0 radical (unpaired) electrons. The maximum Gasteiger partial charge on any atom is 0.226 e. The Morgan fingerprint density at radius 1 is 0.774 bits per heavy atom. The predicted octanol–water partition coefficient (Wildman–Crippen LogP) is 4.04. The molecule has 1 saturated carbocycles. The number of hydrogen-bond donors (Lipinski definition) is 0. The van der Waals surface area contributed by atoms with Crippen molar-refractivity contribution in [1.82, 2.24) is 14.7 Å². The maximum atomic E-state index is 12.8. The molecule has 4 nitrogen and oxygen atoms in total. The van der Waals surface area contributed by atoms with E-state index in [-0.39, 0.29) is 0 Å². The third-order valence-corrected chi connectivity index (χ3v) is 7.40. The lowest BCUT2D eigenvalue weighted by Crippen LogP contribution is -2.48. The Kier molecular flexibility index (Phi) is 6.37. The van der Waals surface area contributed by atoms with Crippen molar-refractivity contribution in [2.45, 2.75) is 31.7 Å². The Morgan fingerprint density at radius 2 is 1.35 bits per heavy atom. The molecule has 2 aromatic rings. The van der Waals surface area contributed by atoms with Gasteiger partial charge in [0.25, 0.3) is 0 Å². The van der Waals surface area contributed by atoms with Gasteiger partial charge in [-0.1, -0.05) is 60.7 Å². The van der Waals surface area contributed by atoms with Gasteiger partial charge in [0.2, 0.25) is 5.91 Å². The Morgan fingerprint density at radius 3 is 1.94 bits per heavy atom. The molecule has 2 saturated heterocycles.